The monoisotopic (exact) mass is 340 g/mol. The van der Waals surface area contributed by atoms with Crippen molar-refractivity contribution < 1.29 is 0 Å². The van der Waals surface area contributed by atoms with Crippen LogP contribution in [0.4, 0.5) is 0 Å². The molecule has 0 N–H and O–H groups in total. The van der Waals surface area contributed by atoms with Crippen molar-refractivity contribution in [3.63, 3.8) is 0 Å². The van der Waals surface area contributed by atoms with E-state index in [1.807, 2.05) is 0 Å². The van der Waals surface area contributed by atoms with Crippen molar-refractivity contribution in [2.45, 2.75) is 26.2 Å². The minimum atomic E-state index is -0.575. The van der Waals surface area contributed by atoms with E-state index in [0.717, 1.165) is 0 Å². The van der Waals surface area contributed by atoms with E-state index in [-0.39, 0.29) is 14.7 Å². The Morgan fingerprint density at radius 2 is 1.64 bits per heavy atom. The van der Waals surface area contributed by atoms with Gasteiger partial charge in [-0.15, -0.1) is 0 Å². The van der Waals surface area contributed by atoms with E-state index < -0.39 is 6.14 Å². The van der Waals surface area contributed by atoms with E-state index in [4.69, 9.17) is 0 Å². The lowest BCUT2D eigenvalue weighted by Crippen LogP contribution is -2.80. The summed E-state index contributed by atoms with van der Waals surface area (Å²) in [5, 5.41) is 0. The van der Waals surface area contributed by atoms with Crippen LogP contribution in [-0.2, 0) is 0 Å². The highest BCUT2D eigenvalue weighted by Gasteiger charge is 2.45. The van der Waals surface area contributed by atoms with Crippen molar-refractivity contribution >= 4 is 82.7 Å². The smallest absolute Gasteiger partial charge is 0.0148 e. The normalized spacial score (nSPS) is 24.0. The molecule has 0 aliphatic carbocycles. The molecular weight excluding hydrogens is 329 g/mol. The summed E-state index contributed by atoms with van der Waals surface area (Å²) in [7, 11) is 10.6. The highest BCUT2D eigenvalue weighted by atomic mass is 30.5. The van der Waals surface area contributed by atoms with Gasteiger partial charge in [-0.25, -0.2) is 0 Å². The molecule has 0 spiro atoms. The Bertz CT molecular complexity index is 168. The molecule has 0 aromatic rings. The van der Waals surface area contributed by atoms with Gasteiger partial charge in [0.05, 0.1) is 0 Å². The fourth-order valence-electron chi connectivity index (χ4n) is 1.50. The molecule has 14 heavy (non-hydrogen) atoms. The topological polar surface area (TPSA) is 0 Å². The van der Waals surface area contributed by atoms with Crippen LogP contribution in [0.25, 0.3) is 0 Å². The summed E-state index contributed by atoms with van der Waals surface area (Å²) in [5.41, 5.74) is 0. The van der Waals surface area contributed by atoms with Gasteiger partial charge in [0.25, 0.3) is 0 Å². The highest BCUT2D eigenvalue weighted by Crippen LogP contribution is 2.09. The molecule has 0 amide bonds. The van der Waals surface area contributed by atoms with Crippen molar-refractivity contribution in [3.05, 3.63) is 0 Å². The molecule has 1 aliphatic heterocycles. The number of hydrogen-bond donors (Lipinski definition) is 0. The zero-order valence-corrected chi connectivity index (χ0v) is 19.0. The molecule has 0 nitrogen and oxygen atoms in total. The molecule has 16 radical (unpaired) electrons. The van der Waals surface area contributed by atoms with Crippen LogP contribution in [-0.4, -0.2) is 82.7 Å². The summed E-state index contributed by atoms with van der Waals surface area (Å²) < 4.78 is 0. The molecule has 0 saturated carbocycles. The van der Waals surface area contributed by atoms with E-state index in [2.05, 4.69) is 26.2 Å². The predicted molar refractivity (Wildman–Crippen MR) is 81.0 cm³/mol. The van der Waals surface area contributed by atoms with Crippen LogP contribution >= 0.6 is 0 Å². The third-order valence-electron chi connectivity index (χ3n) is 2.31. The van der Waals surface area contributed by atoms with Crippen molar-refractivity contribution in [1.82, 2.24) is 0 Å². The second-order valence-corrected chi connectivity index (χ2v) is 59.6. The Balaban J connectivity index is 2.80. The average molecular weight is 341 g/mol. The molecule has 10 heteroatoms. The van der Waals surface area contributed by atoms with Crippen LogP contribution in [0.1, 0.15) is 0 Å². The molecule has 1 rings (SSSR count). The predicted octanol–water partition coefficient (Wildman–Crippen LogP) is -1.47. The van der Waals surface area contributed by atoms with Gasteiger partial charge in [0.15, 0.2) is 0 Å². The minimum Gasteiger partial charge on any atom is -0.0761 e. The van der Waals surface area contributed by atoms with Gasteiger partial charge < -0.3 is 0 Å². The molecule has 0 bridgehead atoms. The Hall–Kier alpha value is 2.17. The minimum absolute atomic E-state index is 0.258. The third kappa shape index (κ3) is 2.89. The summed E-state index contributed by atoms with van der Waals surface area (Å²) >= 11 is 0. The Kier molecular flexibility index (Phi) is 6.91. The first-order chi connectivity index (χ1) is 6.74. The first-order valence-electron chi connectivity index (χ1n) is 4.50. The van der Waals surface area contributed by atoms with E-state index >= 15 is 0 Å². The van der Waals surface area contributed by atoms with Gasteiger partial charge in [-0.1, -0.05) is 26.2 Å². The molecule has 1 aliphatic rings. The maximum absolute atomic E-state index is 2.57. The van der Waals surface area contributed by atoms with Crippen molar-refractivity contribution in [1.29, 1.82) is 0 Å². The summed E-state index contributed by atoms with van der Waals surface area (Å²) in [6, 6.07) is 0. The van der Waals surface area contributed by atoms with E-state index in [1.165, 1.54) is 61.8 Å². The second-order valence-electron chi connectivity index (χ2n) is 2.88. The first kappa shape index (κ1) is 14.2. The van der Waals surface area contributed by atoms with Crippen LogP contribution in [0.5, 0.6) is 0 Å². The summed E-state index contributed by atoms with van der Waals surface area (Å²) in [6.07, 6.45) is -0.575. The van der Waals surface area contributed by atoms with Crippen LogP contribution in [0.2, 0.25) is 26.2 Å². The standard InChI is InChI=1S/C4H12Si10/c1-5-12-10-9-11-14(7-3,8-4)13(12)6-2/h1-4H3. The fraction of sp³-hybridized carbons (Fsp3) is 1.00. The van der Waals surface area contributed by atoms with Gasteiger partial charge in [0.1, 0.15) is 0 Å². The largest absolute Gasteiger partial charge is 0.0761 e. The lowest BCUT2D eigenvalue weighted by molar-refractivity contribution is 2.31. The van der Waals surface area contributed by atoms with Crippen molar-refractivity contribution in [3.8, 4) is 0 Å². The summed E-state index contributed by atoms with van der Waals surface area (Å²) in [6.45, 7) is 10.2. The Morgan fingerprint density at radius 1 is 1.00 bits per heavy atom. The summed E-state index contributed by atoms with van der Waals surface area (Å²) in [5.74, 6) is 0. The zero-order valence-electron chi connectivity index (χ0n) is 9.00. The Morgan fingerprint density at radius 3 is 2.07 bits per heavy atom. The first-order valence-corrected chi connectivity index (χ1v) is 28.5. The SMILES string of the molecule is C[Si][Si]1[Si][Si][Si][Si]([Si]C)([Si]C)[Si]1[Si]C. The van der Waals surface area contributed by atoms with Crippen LogP contribution < -0.4 is 0 Å². The quantitative estimate of drug-likeness (QED) is 0.548. The molecule has 1 saturated heterocycles. The maximum atomic E-state index is 2.57. The number of rotatable bonds is 4. The molecule has 1 fully saturated rings. The van der Waals surface area contributed by atoms with E-state index in [0.29, 0.717) is 0 Å². The van der Waals surface area contributed by atoms with Gasteiger partial charge in [0, 0.05) is 82.7 Å². The molecule has 68 valence electrons. The van der Waals surface area contributed by atoms with Gasteiger partial charge in [0.2, 0.25) is 0 Å². The lowest BCUT2D eigenvalue weighted by Gasteiger charge is -2.43. The molecule has 1 heterocycles. The molecule has 0 aromatic heterocycles. The molecular formula is C4H12Si10. The van der Waals surface area contributed by atoms with Gasteiger partial charge >= 0.3 is 0 Å². The van der Waals surface area contributed by atoms with Gasteiger partial charge in [-0.3, -0.25) is 0 Å². The fourth-order valence-corrected chi connectivity index (χ4v) is 196. The van der Waals surface area contributed by atoms with Crippen LogP contribution in [0, 0.1) is 0 Å². The third-order valence-corrected chi connectivity index (χ3v) is 120. The van der Waals surface area contributed by atoms with Crippen LogP contribution in [0.3, 0.4) is 0 Å². The highest BCUT2D eigenvalue weighted by molar-refractivity contribution is 8.15. The maximum Gasteiger partial charge on any atom is 0.0148 e. The van der Waals surface area contributed by atoms with E-state index in [9.17, 15) is 0 Å². The second kappa shape index (κ2) is 6.80. The molecule has 0 aromatic carbocycles. The van der Waals surface area contributed by atoms with E-state index in [1.54, 1.807) is 0 Å². The molecule has 0 unspecified atom stereocenters. The van der Waals surface area contributed by atoms with Crippen LogP contribution in [0.15, 0.2) is 0 Å². The number of hydrogen-bond acceptors (Lipinski definition) is 0. The Labute approximate surface area is 108 Å². The zero-order chi connectivity index (χ0) is 10.6. The van der Waals surface area contributed by atoms with Crippen molar-refractivity contribution in [2.75, 3.05) is 0 Å². The van der Waals surface area contributed by atoms with Crippen molar-refractivity contribution in [2.24, 2.45) is 0 Å². The average Bonchev–Trinajstić information content (AvgIpc) is 2.27. The van der Waals surface area contributed by atoms with Gasteiger partial charge in [-0.05, 0) is 0 Å². The van der Waals surface area contributed by atoms with Gasteiger partial charge in [-0.2, -0.15) is 0 Å². The molecule has 0 atom stereocenters. The lowest BCUT2D eigenvalue weighted by atomic mass is 11.9. The summed E-state index contributed by atoms with van der Waals surface area (Å²) in [4.78, 5) is 0.